The molecule has 0 atom stereocenters. The Hall–Kier alpha value is -4.72. The Bertz CT molecular complexity index is 1420. The van der Waals surface area contributed by atoms with Crippen molar-refractivity contribution in [1.29, 1.82) is 0 Å². The summed E-state index contributed by atoms with van der Waals surface area (Å²) in [6.45, 7) is 0. The summed E-state index contributed by atoms with van der Waals surface area (Å²) in [6.07, 6.45) is 2.56. The van der Waals surface area contributed by atoms with E-state index in [2.05, 4.69) is 0 Å². The molecule has 3 aromatic carbocycles. The zero-order chi connectivity index (χ0) is 26.1. The van der Waals surface area contributed by atoms with Gasteiger partial charge in [-0.2, -0.15) is 0 Å². The van der Waals surface area contributed by atoms with Crippen LogP contribution in [0.25, 0.3) is 28.4 Å². The van der Waals surface area contributed by atoms with Crippen LogP contribution < -0.4 is 24.4 Å². The zero-order valence-electron chi connectivity index (χ0n) is 20.3. The Morgan fingerprint density at radius 2 is 1.50 bits per heavy atom. The normalized spacial score (nSPS) is 10.4. The third-order valence-electron chi connectivity index (χ3n) is 5.13. The van der Waals surface area contributed by atoms with Crippen molar-refractivity contribution in [1.82, 2.24) is 0 Å². The van der Waals surface area contributed by atoms with E-state index in [4.69, 9.17) is 28.5 Å². The van der Waals surface area contributed by atoms with E-state index in [0.717, 1.165) is 17.2 Å². The average Bonchev–Trinajstić information content (AvgIpc) is 2.92. The van der Waals surface area contributed by atoms with Gasteiger partial charge in [0.05, 0.1) is 33.8 Å². The van der Waals surface area contributed by atoms with Crippen LogP contribution in [0.1, 0.15) is 5.56 Å². The third kappa shape index (κ3) is 5.85. The van der Waals surface area contributed by atoms with E-state index in [1.807, 2.05) is 30.3 Å². The van der Waals surface area contributed by atoms with E-state index in [1.54, 1.807) is 50.6 Å². The molecule has 1 aromatic heterocycles. The topological polar surface area (TPSA) is 104 Å². The Kier molecular flexibility index (Phi) is 8.72. The van der Waals surface area contributed by atoms with Crippen molar-refractivity contribution in [2.75, 3.05) is 28.4 Å². The van der Waals surface area contributed by atoms with Crippen LogP contribution in [-0.4, -0.2) is 39.5 Å². The second-order valence-electron chi connectivity index (χ2n) is 7.28. The fourth-order valence-corrected chi connectivity index (χ4v) is 3.42. The number of carboxylic acid groups (broad SMARTS) is 1. The first kappa shape index (κ1) is 25.9. The number of methoxy groups -OCH3 is 4. The van der Waals surface area contributed by atoms with Gasteiger partial charge in [-0.1, -0.05) is 42.5 Å². The molecule has 0 unspecified atom stereocenters. The van der Waals surface area contributed by atoms with Crippen molar-refractivity contribution in [2.45, 2.75) is 0 Å². The van der Waals surface area contributed by atoms with Gasteiger partial charge in [-0.25, -0.2) is 4.79 Å². The van der Waals surface area contributed by atoms with E-state index in [-0.39, 0.29) is 11.2 Å². The molecular weight excluding hydrogens is 464 g/mol. The summed E-state index contributed by atoms with van der Waals surface area (Å²) in [5.74, 6) is 1.33. The van der Waals surface area contributed by atoms with Crippen LogP contribution in [0, 0.1) is 0 Å². The molecule has 4 rings (SSSR count). The van der Waals surface area contributed by atoms with Crippen molar-refractivity contribution in [3.8, 4) is 34.3 Å². The third-order valence-corrected chi connectivity index (χ3v) is 5.13. The van der Waals surface area contributed by atoms with E-state index >= 15 is 0 Å². The van der Waals surface area contributed by atoms with Gasteiger partial charge in [0.1, 0.15) is 0 Å². The molecule has 0 aliphatic carbocycles. The van der Waals surface area contributed by atoms with E-state index in [9.17, 15) is 9.59 Å². The van der Waals surface area contributed by atoms with Gasteiger partial charge in [-0.05, 0) is 35.9 Å². The molecule has 0 aliphatic heterocycles. The van der Waals surface area contributed by atoms with E-state index in [0.29, 0.717) is 34.0 Å². The molecule has 0 amide bonds. The molecular formula is C28H26O8. The fraction of sp³-hybridized carbons (Fsp3) is 0.143. The molecule has 1 heterocycles. The number of hydrogen-bond donors (Lipinski definition) is 1. The highest BCUT2D eigenvalue weighted by molar-refractivity contribution is 5.86. The molecule has 0 spiro atoms. The first-order chi connectivity index (χ1) is 17.4. The number of fused-ring (bicyclic) bond motifs is 1. The first-order valence-corrected chi connectivity index (χ1v) is 10.8. The standard InChI is InChI=1S/C17H14O4.C11H12O4/c1-19-13-10-6-9-12-14(18)17(20-2)15(21-16(12)13)11-7-4-3-5-8-11;1-14-9-5-3-8(4-6-11(12)13)7-10(9)15-2/h3-10H,1-2H3;3-7H,1-2H3,(H,12,13). The molecule has 0 fully saturated rings. The molecule has 0 saturated heterocycles. The van der Waals surface area contributed by atoms with Crippen molar-refractivity contribution in [3.05, 3.63) is 88.6 Å². The van der Waals surface area contributed by atoms with Gasteiger partial charge in [0, 0.05) is 11.6 Å². The molecule has 0 aliphatic rings. The second kappa shape index (κ2) is 12.1. The number of hydrogen-bond acceptors (Lipinski definition) is 7. The molecule has 8 heteroatoms. The predicted octanol–water partition coefficient (Wildman–Crippen LogP) is 5.28. The predicted molar refractivity (Wildman–Crippen MR) is 137 cm³/mol. The number of benzene rings is 3. The van der Waals surface area contributed by atoms with Crippen molar-refractivity contribution in [3.63, 3.8) is 0 Å². The number of ether oxygens (including phenoxy) is 4. The van der Waals surface area contributed by atoms with E-state index in [1.165, 1.54) is 20.3 Å². The van der Waals surface area contributed by atoms with Crippen molar-refractivity contribution >= 4 is 23.0 Å². The molecule has 36 heavy (non-hydrogen) atoms. The monoisotopic (exact) mass is 490 g/mol. The molecule has 0 bridgehead atoms. The van der Waals surface area contributed by atoms with Crippen LogP contribution in [-0.2, 0) is 4.79 Å². The Labute approximate surface area is 207 Å². The van der Waals surface area contributed by atoms with Crippen LogP contribution in [0.15, 0.2) is 82.0 Å². The number of carbonyl (C=O) groups is 1. The molecule has 4 aromatic rings. The van der Waals surface area contributed by atoms with Crippen LogP contribution in [0.5, 0.6) is 23.0 Å². The molecule has 186 valence electrons. The number of para-hydroxylation sites is 1. The highest BCUT2D eigenvalue weighted by Crippen LogP contribution is 2.34. The zero-order valence-corrected chi connectivity index (χ0v) is 20.3. The lowest BCUT2D eigenvalue weighted by Gasteiger charge is -2.10. The summed E-state index contributed by atoms with van der Waals surface area (Å²) >= 11 is 0. The summed E-state index contributed by atoms with van der Waals surface area (Å²) in [6, 6.07) is 19.8. The first-order valence-electron chi connectivity index (χ1n) is 10.8. The molecule has 0 radical (unpaired) electrons. The Morgan fingerprint density at radius 3 is 2.11 bits per heavy atom. The van der Waals surface area contributed by atoms with Gasteiger partial charge < -0.3 is 28.5 Å². The van der Waals surface area contributed by atoms with Crippen LogP contribution in [0.3, 0.4) is 0 Å². The summed E-state index contributed by atoms with van der Waals surface area (Å²) < 4.78 is 26.6. The largest absolute Gasteiger partial charge is 0.493 e. The minimum absolute atomic E-state index is 0.196. The highest BCUT2D eigenvalue weighted by Gasteiger charge is 2.18. The number of carboxylic acids is 1. The van der Waals surface area contributed by atoms with Gasteiger partial charge in [0.15, 0.2) is 28.6 Å². The van der Waals surface area contributed by atoms with Gasteiger partial charge in [-0.15, -0.1) is 0 Å². The SMILES string of the molecule is COc1c(-c2ccccc2)oc2c(OC)cccc2c1=O.COc1ccc(C=CC(=O)O)cc1OC. The van der Waals surface area contributed by atoms with Gasteiger partial charge in [0.2, 0.25) is 11.2 Å². The molecule has 8 nitrogen and oxygen atoms in total. The van der Waals surface area contributed by atoms with E-state index < -0.39 is 5.97 Å². The molecule has 1 N–H and O–H groups in total. The second-order valence-corrected chi connectivity index (χ2v) is 7.28. The number of aliphatic carboxylic acids is 1. The minimum Gasteiger partial charge on any atom is -0.493 e. The fourth-order valence-electron chi connectivity index (χ4n) is 3.42. The van der Waals surface area contributed by atoms with Gasteiger partial charge >= 0.3 is 5.97 Å². The lowest BCUT2D eigenvalue weighted by Crippen LogP contribution is -2.08. The van der Waals surface area contributed by atoms with Gasteiger partial charge in [-0.3, -0.25) is 4.79 Å². The van der Waals surface area contributed by atoms with Crippen LogP contribution in [0.4, 0.5) is 0 Å². The summed E-state index contributed by atoms with van der Waals surface area (Å²) in [4.78, 5) is 22.9. The maximum Gasteiger partial charge on any atom is 0.328 e. The Balaban J connectivity index is 0.000000214. The maximum atomic E-state index is 12.6. The lowest BCUT2D eigenvalue weighted by atomic mass is 10.1. The summed E-state index contributed by atoms with van der Waals surface area (Å²) in [5.41, 5.74) is 1.73. The molecule has 0 saturated carbocycles. The van der Waals surface area contributed by atoms with Gasteiger partial charge in [0.25, 0.3) is 0 Å². The lowest BCUT2D eigenvalue weighted by molar-refractivity contribution is -0.131. The average molecular weight is 491 g/mol. The summed E-state index contributed by atoms with van der Waals surface area (Å²) in [5, 5.41) is 8.90. The minimum atomic E-state index is -0.982. The highest BCUT2D eigenvalue weighted by atomic mass is 16.5. The maximum absolute atomic E-state index is 12.6. The van der Waals surface area contributed by atoms with Crippen LogP contribution in [0.2, 0.25) is 0 Å². The number of rotatable bonds is 7. The summed E-state index contributed by atoms with van der Waals surface area (Å²) in [7, 11) is 6.08. The smallest absolute Gasteiger partial charge is 0.328 e. The quantitative estimate of drug-likeness (QED) is 0.349. The Morgan fingerprint density at radius 1 is 0.806 bits per heavy atom. The van der Waals surface area contributed by atoms with Crippen LogP contribution >= 0.6 is 0 Å². The van der Waals surface area contributed by atoms with Crippen molar-refractivity contribution in [2.24, 2.45) is 0 Å². The van der Waals surface area contributed by atoms with Crippen molar-refractivity contribution < 1.29 is 33.3 Å².